The van der Waals surface area contributed by atoms with E-state index in [4.69, 9.17) is 0 Å². The predicted molar refractivity (Wildman–Crippen MR) is 159 cm³/mol. The number of nitrogens with one attached hydrogen (secondary N) is 2. The van der Waals surface area contributed by atoms with Crippen LogP contribution in [0.1, 0.15) is 53.9 Å². The van der Waals surface area contributed by atoms with Crippen LogP contribution in [0.4, 0.5) is 5.69 Å². The first-order valence-corrected chi connectivity index (χ1v) is 15.1. The van der Waals surface area contributed by atoms with E-state index in [-0.39, 0.29) is 10.8 Å². The van der Waals surface area contributed by atoms with Crippen LogP contribution in [0.25, 0.3) is 0 Å². The average Bonchev–Trinajstić information content (AvgIpc) is 2.93. The Balaban J connectivity index is 1.68. The van der Waals surface area contributed by atoms with Crippen molar-refractivity contribution in [3.05, 3.63) is 95.1 Å². The zero-order valence-corrected chi connectivity index (χ0v) is 24.7. The van der Waals surface area contributed by atoms with Crippen molar-refractivity contribution in [3.63, 3.8) is 0 Å². The van der Waals surface area contributed by atoms with Crippen LogP contribution in [0.3, 0.4) is 0 Å². The van der Waals surface area contributed by atoms with Crippen LogP contribution in [0.2, 0.25) is 0 Å². The number of hydrogen-bond donors (Lipinski definition) is 3. The monoisotopic (exact) mass is 564 g/mol. The minimum Gasteiger partial charge on any atom is -0.389 e. The number of nitrogens with zero attached hydrogens (tertiary/aromatic N) is 2. The Morgan fingerprint density at radius 3 is 2.27 bits per heavy atom. The lowest BCUT2D eigenvalue weighted by Crippen LogP contribution is -2.54. The number of benzene rings is 3. The molecule has 0 saturated heterocycles. The molecule has 1 amide bonds. The van der Waals surface area contributed by atoms with Gasteiger partial charge < -0.3 is 20.2 Å². The first-order valence-electron chi connectivity index (χ1n) is 13.6. The van der Waals surface area contributed by atoms with Crippen molar-refractivity contribution in [1.29, 1.82) is 0 Å². The molecule has 3 aromatic carbocycles. The van der Waals surface area contributed by atoms with Crippen molar-refractivity contribution < 1.29 is 18.3 Å². The van der Waals surface area contributed by atoms with E-state index >= 15 is 0 Å². The van der Waals surface area contributed by atoms with Crippen molar-refractivity contribution in [3.8, 4) is 0 Å². The highest BCUT2D eigenvalue weighted by atomic mass is 32.2. The molecular weight excluding hydrogens is 524 g/mol. The second kappa shape index (κ2) is 12.1. The molecule has 9 heteroatoms. The summed E-state index contributed by atoms with van der Waals surface area (Å²) in [6, 6.07) is 20.8. The number of likely N-dealkylation sites (N-methyl/N-ethyl adjacent to an activating group) is 1. The number of fused-ring (bicyclic) bond motifs is 1. The zero-order chi connectivity index (χ0) is 29.1. The van der Waals surface area contributed by atoms with Crippen molar-refractivity contribution >= 4 is 21.6 Å². The van der Waals surface area contributed by atoms with Crippen LogP contribution >= 0.6 is 0 Å². The minimum absolute atomic E-state index is 0.125. The minimum atomic E-state index is -3.96. The van der Waals surface area contributed by atoms with E-state index in [1.54, 1.807) is 47.4 Å². The number of amides is 1. The first-order chi connectivity index (χ1) is 18.9. The Hall–Kier alpha value is -3.24. The van der Waals surface area contributed by atoms with Gasteiger partial charge in [0.2, 0.25) is 10.0 Å². The normalized spacial score (nSPS) is 18.2. The van der Waals surface area contributed by atoms with E-state index in [0.717, 1.165) is 17.5 Å². The molecule has 3 N–H and O–H groups in total. The third-order valence-electron chi connectivity index (χ3n) is 7.39. The number of sulfonamides is 1. The van der Waals surface area contributed by atoms with Gasteiger partial charge in [0.05, 0.1) is 22.6 Å². The fourth-order valence-corrected chi connectivity index (χ4v) is 6.12. The maximum Gasteiger partial charge on any atom is 0.254 e. The molecule has 0 unspecified atom stereocenters. The number of rotatable bonds is 10. The topological polar surface area (TPSA) is 102 Å². The Morgan fingerprint density at radius 1 is 0.975 bits per heavy atom. The zero-order valence-electron chi connectivity index (χ0n) is 23.9. The fourth-order valence-electron chi connectivity index (χ4n) is 4.90. The van der Waals surface area contributed by atoms with Crippen LogP contribution in [0.15, 0.2) is 77.7 Å². The van der Waals surface area contributed by atoms with Gasteiger partial charge in [0.15, 0.2) is 0 Å². The predicted octanol–water partition coefficient (Wildman–Crippen LogP) is 4.04. The van der Waals surface area contributed by atoms with Gasteiger partial charge in [-0.2, -0.15) is 0 Å². The molecule has 0 aliphatic carbocycles. The lowest BCUT2D eigenvalue weighted by atomic mass is 9.82. The highest BCUT2D eigenvalue weighted by Gasteiger charge is 2.43. The average molecular weight is 565 g/mol. The molecule has 214 valence electrons. The molecule has 4 rings (SSSR count). The van der Waals surface area contributed by atoms with Gasteiger partial charge in [-0.25, -0.2) is 13.1 Å². The summed E-state index contributed by atoms with van der Waals surface area (Å²) in [4.78, 5) is 17.8. The molecule has 1 aliphatic heterocycles. The quantitative estimate of drug-likeness (QED) is 0.344. The number of carbonyl (C=O) groups is 1. The van der Waals surface area contributed by atoms with Crippen molar-refractivity contribution in [2.75, 3.05) is 32.5 Å². The number of carbonyl (C=O) groups excluding carboxylic acids is 1. The second-order valence-corrected chi connectivity index (χ2v) is 12.9. The summed E-state index contributed by atoms with van der Waals surface area (Å²) in [5, 5.41) is 14.6. The van der Waals surface area contributed by atoms with Gasteiger partial charge in [0.1, 0.15) is 0 Å². The third-order valence-corrected chi connectivity index (χ3v) is 8.85. The van der Waals surface area contributed by atoms with E-state index in [9.17, 15) is 18.3 Å². The van der Waals surface area contributed by atoms with E-state index in [1.165, 1.54) is 0 Å². The molecule has 1 heterocycles. The second-order valence-electron chi connectivity index (χ2n) is 11.2. The van der Waals surface area contributed by atoms with Crippen LogP contribution < -0.4 is 10.0 Å². The number of anilines is 1. The van der Waals surface area contributed by atoms with E-state index in [0.29, 0.717) is 36.4 Å². The summed E-state index contributed by atoms with van der Waals surface area (Å²) in [6.07, 6.45) is -0.293. The Kier molecular flexibility index (Phi) is 8.99. The SMILES string of the molecule is CCc1ccc(S(=O)(=O)N[C@@H]2c3cc(C(=O)N(CCN(C)C)Cc4ccccc4)ccc3NC(C)(C)[C@H]2O)cc1. The summed E-state index contributed by atoms with van der Waals surface area (Å²) >= 11 is 0. The van der Waals surface area contributed by atoms with Gasteiger partial charge in [0.25, 0.3) is 5.91 Å². The van der Waals surface area contributed by atoms with Gasteiger partial charge in [-0.05, 0) is 81.4 Å². The summed E-state index contributed by atoms with van der Waals surface area (Å²) in [7, 11) is -0.0303. The van der Waals surface area contributed by atoms with Gasteiger partial charge in [0, 0.05) is 30.9 Å². The smallest absolute Gasteiger partial charge is 0.254 e. The molecule has 0 bridgehead atoms. The number of aryl methyl sites for hydroxylation is 1. The highest BCUT2D eigenvalue weighted by Crippen LogP contribution is 2.39. The lowest BCUT2D eigenvalue weighted by Gasteiger charge is -2.43. The number of aliphatic hydroxyl groups excluding tert-OH is 1. The van der Waals surface area contributed by atoms with Crippen LogP contribution in [-0.2, 0) is 23.0 Å². The van der Waals surface area contributed by atoms with Gasteiger partial charge >= 0.3 is 0 Å². The van der Waals surface area contributed by atoms with Crippen molar-refractivity contribution in [1.82, 2.24) is 14.5 Å². The standard InChI is InChI=1S/C31H40N4O4S/c1-6-22-12-15-25(16-13-22)40(38,39)33-28-26-20-24(14-17-27(26)32-31(2,3)29(28)36)30(37)35(19-18-34(4)5)21-23-10-8-7-9-11-23/h7-17,20,28-29,32-33,36H,6,18-19,21H2,1-5H3/t28-,29+/m1/s1. The molecule has 0 fully saturated rings. The summed E-state index contributed by atoms with van der Waals surface area (Å²) < 4.78 is 29.6. The fraction of sp³-hybridized carbons (Fsp3) is 0.387. The molecule has 0 spiro atoms. The van der Waals surface area contributed by atoms with Gasteiger partial charge in [-0.1, -0.05) is 49.4 Å². The van der Waals surface area contributed by atoms with Crippen LogP contribution in [0.5, 0.6) is 0 Å². The summed E-state index contributed by atoms with van der Waals surface area (Å²) in [5.74, 6) is -0.162. The molecule has 3 aromatic rings. The molecule has 0 aromatic heterocycles. The number of hydrogen-bond acceptors (Lipinski definition) is 6. The van der Waals surface area contributed by atoms with E-state index in [1.807, 2.05) is 70.1 Å². The summed E-state index contributed by atoms with van der Waals surface area (Å²) in [6.45, 7) is 7.31. The molecule has 8 nitrogen and oxygen atoms in total. The molecule has 0 radical (unpaired) electrons. The largest absolute Gasteiger partial charge is 0.389 e. The van der Waals surface area contributed by atoms with Gasteiger partial charge in [-0.3, -0.25) is 4.79 Å². The lowest BCUT2D eigenvalue weighted by molar-refractivity contribution is 0.0725. The summed E-state index contributed by atoms with van der Waals surface area (Å²) in [5.41, 5.74) is 2.86. The molecule has 2 atom stereocenters. The Morgan fingerprint density at radius 2 is 1.65 bits per heavy atom. The maximum atomic E-state index is 13.8. The van der Waals surface area contributed by atoms with Crippen molar-refractivity contribution in [2.24, 2.45) is 0 Å². The van der Waals surface area contributed by atoms with Crippen LogP contribution in [0, 0.1) is 0 Å². The third kappa shape index (κ3) is 6.72. The maximum absolute atomic E-state index is 13.8. The molecule has 40 heavy (non-hydrogen) atoms. The van der Waals surface area contributed by atoms with E-state index < -0.39 is 27.7 Å². The first kappa shape index (κ1) is 29.7. The molecule has 0 saturated carbocycles. The highest BCUT2D eigenvalue weighted by molar-refractivity contribution is 7.89. The van der Waals surface area contributed by atoms with Gasteiger partial charge in [-0.15, -0.1) is 0 Å². The molecule has 1 aliphatic rings. The van der Waals surface area contributed by atoms with Crippen LogP contribution in [-0.4, -0.2) is 68.1 Å². The van der Waals surface area contributed by atoms with E-state index in [2.05, 4.69) is 10.0 Å². The van der Waals surface area contributed by atoms with Crippen molar-refractivity contribution in [2.45, 2.75) is 56.3 Å². The number of aliphatic hydroxyl groups is 1. The molecular formula is C31H40N4O4S. The Labute approximate surface area is 238 Å². The Bertz CT molecular complexity index is 1420.